The van der Waals surface area contributed by atoms with Gasteiger partial charge in [0.25, 0.3) is 17.7 Å². The van der Waals surface area contributed by atoms with E-state index in [1.54, 1.807) is 0 Å². The summed E-state index contributed by atoms with van der Waals surface area (Å²) in [5.41, 5.74) is 0.0962. The molecule has 9 nitrogen and oxygen atoms in total. The number of hydrogen-bond donors (Lipinski definition) is 2. The van der Waals surface area contributed by atoms with Crippen LogP contribution in [0.15, 0.2) is 88.4 Å². The maximum Gasteiger partial charge on any atom is 0.283 e. The van der Waals surface area contributed by atoms with Crippen LogP contribution in [-0.2, 0) is 19.7 Å². The van der Waals surface area contributed by atoms with Crippen LogP contribution in [0.5, 0.6) is 0 Å². The van der Waals surface area contributed by atoms with Gasteiger partial charge in [0.2, 0.25) is 0 Å². The van der Waals surface area contributed by atoms with Crippen molar-refractivity contribution in [1.82, 2.24) is 0 Å². The van der Waals surface area contributed by atoms with Crippen molar-refractivity contribution in [2.75, 3.05) is 15.5 Å². The number of rotatable bonds is 6. The highest BCUT2D eigenvalue weighted by molar-refractivity contribution is 7.85. The lowest BCUT2D eigenvalue weighted by Gasteiger charge is -2.15. The highest BCUT2D eigenvalue weighted by Crippen LogP contribution is 2.31. The van der Waals surface area contributed by atoms with Gasteiger partial charge >= 0.3 is 0 Å². The molecule has 0 atom stereocenters. The molecule has 0 saturated carbocycles. The third-order valence-electron chi connectivity index (χ3n) is 4.92. The molecule has 1 heterocycles. The molecular weight excluding hydrogens is 501 g/mol. The van der Waals surface area contributed by atoms with Gasteiger partial charge in [-0.05, 0) is 54.6 Å². The molecule has 35 heavy (non-hydrogen) atoms. The predicted octanol–water partition coefficient (Wildman–Crippen LogP) is 3.42. The number of halogens is 2. The Morgan fingerprint density at radius 1 is 0.914 bits per heavy atom. The lowest BCUT2D eigenvalue weighted by atomic mass is 10.2. The van der Waals surface area contributed by atoms with Gasteiger partial charge in [-0.2, -0.15) is 0 Å². The molecular formula is C23H14ClFN3O6S-. The minimum absolute atomic E-state index is 0.106. The monoisotopic (exact) mass is 514 g/mol. The van der Waals surface area contributed by atoms with Crippen LogP contribution in [0.3, 0.4) is 0 Å². The van der Waals surface area contributed by atoms with Crippen molar-refractivity contribution in [3.63, 3.8) is 0 Å². The molecule has 4 rings (SSSR count). The van der Waals surface area contributed by atoms with Crippen LogP contribution < -0.4 is 15.5 Å². The normalized spacial score (nSPS) is 13.9. The van der Waals surface area contributed by atoms with Crippen molar-refractivity contribution in [3.8, 4) is 0 Å². The summed E-state index contributed by atoms with van der Waals surface area (Å²) in [6, 6.07) is 15.8. The van der Waals surface area contributed by atoms with Gasteiger partial charge in [-0.1, -0.05) is 29.8 Å². The van der Waals surface area contributed by atoms with Gasteiger partial charge in [0.15, 0.2) is 0 Å². The summed E-state index contributed by atoms with van der Waals surface area (Å²) >= 11 is 6.04. The van der Waals surface area contributed by atoms with Crippen molar-refractivity contribution < 1.29 is 31.7 Å². The minimum Gasteiger partial charge on any atom is -0.744 e. The highest BCUT2D eigenvalue weighted by Gasteiger charge is 2.40. The van der Waals surface area contributed by atoms with E-state index in [9.17, 15) is 31.7 Å². The van der Waals surface area contributed by atoms with E-state index < -0.39 is 43.6 Å². The fourth-order valence-corrected chi connectivity index (χ4v) is 3.97. The molecule has 0 bridgehead atoms. The van der Waals surface area contributed by atoms with E-state index >= 15 is 0 Å². The van der Waals surface area contributed by atoms with Gasteiger partial charge in [0.05, 0.1) is 10.6 Å². The van der Waals surface area contributed by atoms with Crippen molar-refractivity contribution in [1.29, 1.82) is 0 Å². The van der Waals surface area contributed by atoms with E-state index in [0.717, 1.165) is 18.2 Å². The van der Waals surface area contributed by atoms with E-state index in [-0.39, 0.29) is 22.6 Å². The van der Waals surface area contributed by atoms with Crippen LogP contribution in [0.4, 0.5) is 21.5 Å². The minimum atomic E-state index is -4.68. The Morgan fingerprint density at radius 3 is 2.26 bits per heavy atom. The molecule has 0 aliphatic carbocycles. The van der Waals surface area contributed by atoms with Gasteiger partial charge in [-0.3, -0.25) is 14.4 Å². The predicted molar refractivity (Wildman–Crippen MR) is 124 cm³/mol. The number of carbonyl (C=O) groups excluding carboxylic acids is 3. The maximum atomic E-state index is 14.1. The largest absolute Gasteiger partial charge is 0.744 e. The fourth-order valence-electron chi connectivity index (χ4n) is 3.25. The second kappa shape index (κ2) is 9.29. The number of amides is 3. The summed E-state index contributed by atoms with van der Waals surface area (Å²) < 4.78 is 47.6. The molecule has 3 amide bonds. The quantitative estimate of drug-likeness (QED) is 0.380. The zero-order valence-electron chi connectivity index (χ0n) is 17.5. The molecule has 3 aromatic carbocycles. The van der Waals surface area contributed by atoms with Crippen LogP contribution in [0.25, 0.3) is 0 Å². The molecule has 1 aliphatic heterocycles. The number of benzene rings is 3. The first kappa shape index (κ1) is 24.1. The average molecular weight is 515 g/mol. The number of nitrogens with one attached hydrogen (secondary N) is 2. The Bertz CT molecular complexity index is 1510. The second-order valence-corrected chi connectivity index (χ2v) is 8.98. The summed E-state index contributed by atoms with van der Waals surface area (Å²) in [6.45, 7) is 0. The number of hydrogen-bond acceptors (Lipinski definition) is 7. The molecule has 0 saturated heterocycles. The van der Waals surface area contributed by atoms with Crippen molar-refractivity contribution >= 4 is 56.5 Å². The first-order valence-corrected chi connectivity index (χ1v) is 11.6. The lowest BCUT2D eigenvalue weighted by molar-refractivity contribution is -0.120. The third kappa shape index (κ3) is 4.92. The van der Waals surface area contributed by atoms with Crippen molar-refractivity contribution in [3.05, 3.63) is 94.9 Å². The Kier molecular flexibility index (Phi) is 6.39. The molecule has 178 valence electrons. The lowest BCUT2D eigenvalue weighted by Crippen LogP contribution is -2.33. The molecule has 12 heteroatoms. The SMILES string of the molecule is O=C(Nc1cccc(S(=O)(=O)[O-])c1)c1ccc(NC2=C(Cl)C(=O)N(c3ccccc3F)C2=O)cc1. The molecule has 3 aromatic rings. The Labute approximate surface area is 203 Å². The van der Waals surface area contributed by atoms with Crippen molar-refractivity contribution in [2.45, 2.75) is 4.90 Å². The zero-order chi connectivity index (χ0) is 25.3. The Morgan fingerprint density at radius 2 is 1.60 bits per heavy atom. The molecule has 0 fully saturated rings. The van der Waals surface area contributed by atoms with E-state index in [4.69, 9.17) is 11.6 Å². The molecule has 0 aromatic heterocycles. The molecule has 0 radical (unpaired) electrons. The van der Waals surface area contributed by atoms with Crippen molar-refractivity contribution in [2.24, 2.45) is 0 Å². The Hall–Kier alpha value is -4.06. The van der Waals surface area contributed by atoms with Gasteiger partial charge in [0, 0.05) is 16.9 Å². The van der Waals surface area contributed by atoms with E-state index in [1.807, 2.05) is 0 Å². The third-order valence-corrected chi connectivity index (χ3v) is 6.10. The first-order valence-electron chi connectivity index (χ1n) is 9.84. The van der Waals surface area contributed by atoms with Crippen LogP contribution in [0, 0.1) is 5.82 Å². The van der Waals surface area contributed by atoms with Crippen LogP contribution >= 0.6 is 11.6 Å². The highest BCUT2D eigenvalue weighted by atomic mass is 35.5. The number of nitrogens with zero attached hydrogens (tertiary/aromatic N) is 1. The van der Waals surface area contributed by atoms with E-state index in [0.29, 0.717) is 10.6 Å². The summed E-state index contributed by atoms with van der Waals surface area (Å²) in [7, 11) is -4.68. The standard InChI is InChI=1S/C23H15ClFN3O6S/c24-19-20(23(31)28(22(19)30)18-7-2-1-6-17(18)25)26-14-10-8-13(9-11-14)21(29)27-15-4-3-5-16(12-15)35(32,33)34/h1-12,26H,(H,27,29)(H,32,33,34)/p-1. The zero-order valence-corrected chi connectivity index (χ0v) is 19.1. The van der Waals surface area contributed by atoms with Gasteiger partial charge in [0.1, 0.15) is 26.7 Å². The molecule has 0 spiro atoms. The summed E-state index contributed by atoms with van der Waals surface area (Å²) in [6.07, 6.45) is 0. The maximum absolute atomic E-state index is 14.1. The van der Waals surface area contributed by atoms with Crippen LogP contribution in [-0.4, -0.2) is 30.7 Å². The van der Waals surface area contributed by atoms with Crippen LogP contribution in [0.1, 0.15) is 10.4 Å². The fraction of sp³-hybridized carbons (Fsp3) is 0. The number of para-hydroxylation sites is 1. The summed E-state index contributed by atoms with van der Waals surface area (Å²) in [5.74, 6) is -3.09. The Balaban J connectivity index is 1.49. The second-order valence-electron chi connectivity index (χ2n) is 7.22. The number of carbonyl (C=O) groups is 3. The first-order chi connectivity index (χ1) is 16.6. The number of imide groups is 1. The summed E-state index contributed by atoms with van der Waals surface area (Å²) in [5, 5.41) is 4.77. The topological polar surface area (TPSA) is 136 Å². The molecule has 2 N–H and O–H groups in total. The summed E-state index contributed by atoms with van der Waals surface area (Å²) in [4.78, 5) is 37.9. The van der Waals surface area contributed by atoms with Gasteiger partial charge in [-0.25, -0.2) is 17.7 Å². The smallest absolute Gasteiger partial charge is 0.283 e. The van der Waals surface area contributed by atoms with E-state index in [2.05, 4.69) is 10.6 Å². The number of anilines is 3. The van der Waals surface area contributed by atoms with Crippen LogP contribution in [0.2, 0.25) is 0 Å². The molecule has 1 aliphatic rings. The van der Waals surface area contributed by atoms with E-state index in [1.165, 1.54) is 54.6 Å². The molecule has 0 unspecified atom stereocenters. The van der Waals surface area contributed by atoms with Gasteiger partial charge in [-0.15, -0.1) is 0 Å². The van der Waals surface area contributed by atoms with Gasteiger partial charge < -0.3 is 15.2 Å². The average Bonchev–Trinajstić information content (AvgIpc) is 3.02.